The van der Waals surface area contributed by atoms with Crippen LogP contribution in [0.5, 0.6) is 5.75 Å². The molecule has 0 saturated carbocycles. The minimum Gasteiger partial charge on any atom is -0.497 e. The Morgan fingerprint density at radius 2 is 2.00 bits per heavy atom. The second kappa shape index (κ2) is 3.86. The molecule has 1 heterocycles. The Hall–Kier alpha value is -1.87. The van der Waals surface area contributed by atoms with Gasteiger partial charge in [-0.2, -0.15) is 0 Å². The average molecular weight is 242 g/mol. The number of benzene rings is 2. The van der Waals surface area contributed by atoms with Crippen molar-refractivity contribution in [3.8, 4) is 16.2 Å². The summed E-state index contributed by atoms with van der Waals surface area (Å²) in [6.45, 7) is 0. The van der Waals surface area contributed by atoms with Crippen LogP contribution in [0.25, 0.3) is 20.5 Å². The molecular weight excluding hydrogens is 232 g/mol. The quantitative estimate of drug-likeness (QED) is 0.611. The molecule has 0 bridgehead atoms. The van der Waals surface area contributed by atoms with Gasteiger partial charge in [0.05, 0.1) is 7.11 Å². The highest BCUT2D eigenvalue weighted by Crippen LogP contribution is 2.32. The smallest absolute Gasteiger partial charge is 0.187 e. The molecule has 0 atom stereocenters. The molecule has 0 amide bonds. The standard InChI is InChI=1S/C14H10O2S/c1-16-10-5-6-13-9(7-10)8-11-12(15)3-2-4-14(11)17-13/h2-8H,1H3. The highest BCUT2D eigenvalue weighted by molar-refractivity contribution is 7.21. The first-order chi connectivity index (χ1) is 8.28. The second-order valence-electron chi connectivity index (χ2n) is 3.82. The fourth-order valence-corrected chi connectivity index (χ4v) is 2.91. The van der Waals surface area contributed by atoms with Gasteiger partial charge in [0.15, 0.2) is 5.43 Å². The molecule has 3 heteroatoms. The lowest BCUT2D eigenvalue weighted by atomic mass is 10.1. The van der Waals surface area contributed by atoms with E-state index in [4.69, 9.17) is 4.74 Å². The van der Waals surface area contributed by atoms with Crippen molar-refractivity contribution in [2.45, 2.75) is 0 Å². The molecule has 1 aliphatic heterocycles. The molecule has 0 N–H and O–H groups in total. The summed E-state index contributed by atoms with van der Waals surface area (Å²) in [5, 5.41) is 1.05. The molecule has 2 nitrogen and oxygen atoms in total. The monoisotopic (exact) mass is 242 g/mol. The summed E-state index contributed by atoms with van der Waals surface area (Å²) in [4.78, 5) is 12.8. The second-order valence-corrected chi connectivity index (χ2v) is 4.90. The van der Waals surface area contributed by atoms with Crippen molar-refractivity contribution >= 4 is 21.4 Å². The summed E-state index contributed by atoms with van der Waals surface area (Å²) in [6, 6.07) is 13.2. The van der Waals surface area contributed by atoms with Crippen LogP contribution in [0, 0.1) is 0 Å². The molecule has 2 aliphatic rings. The lowest BCUT2D eigenvalue weighted by molar-refractivity contribution is 0.415. The Kier molecular flexibility index (Phi) is 2.34. The molecule has 0 radical (unpaired) electrons. The zero-order valence-corrected chi connectivity index (χ0v) is 10.1. The fraction of sp³-hybridized carbons (Fsp3) is 0.0714. The fourth-order valence-electron chi connectivity index (χ4n) is 1.89. The van der Waals surface area contributed by atoms with Crippen LogP contribution >= 0.6 is 11.3 Å². The van der Waals surface area contributed by atoms with E-state index in [1.165, 1.54) is 0 Å². The Labute approximate surface area is 102 Å². The zero-order chi connectivity index (χ0) is 11.8. The normalized spacial score (nSPS) is 10.9. The molecule has 1 aromatic rings. The van der Waals surface area contributed by atoms with Crippen LogP contribution in [-0.4, -0.2) is 7.11 Å². The third-order valence-electron chi connectivity index (χ3n) is 2.76. The number of ether oxygens (including phenoxy) is 1. The summed E-state index contributed by atoms with van der Waals surface area (Å²) >= 11 is 1.63. The summed E-state index contributed by atoms with van der Waals surface area (Å²) in [5.41, 5.74) is 0.849. The van der Waals surface area contributed by atoms with Gasteiger partial charge in [-0.1, -0.05) is 6.07 Å². The Morgan fingerprint density at radius 1 is 1.12 bits per heavy atom. The van der Waals surface area contributed by atoms with E-state index in [-0.39, 0.29) is 5.43 Å². The van der Waals surface area contributed by atoms with Gasteiger partial charge < -0.3 is 4.74 Å². The lowest BCUT2D eigenvalue weighted by Gasteiger charge is -2.07. The van der Waals surface area contributed by atoms with Crippen molar-refractivity contribution < 1.29 is 4.74 Å². The molecule has 0 saturated heterocycles. The first-order valence-electron chi connectivity index (χ1n) is 5.28. The molecule has 17 heavy (non-hydrogen) atoms. The molecule has 84 valence electrons. The highest BCUT2D eigenvalue weighted by Gasteiger charge is 2.08. The summed E-state index contributed by atoms with van der Waals surface area (Å²) in [5.74, 6) is 0.812. The van der Waals surface area contributed by atoms with Gasteiger partial charge in [0, 0.05) is 15.1 Å². The van der Waals surface area contributed by atoms with Gasteiger partial charge in [0.1, 0.15) is 5.75 Å². The molecule has 0 unspecified atom stereocenters. The SMILES string of the molecule is COc1ccc2sc3cccc(=O)c-3cc2c1. The van der Waals surface area contributed by atoms with Crippen LogP contribution in [0.2, 0.25) is 0 Å². The lowest BCUT2D eigenvalue weighted by Crippen LogP contribution is -2.01. The van der Waals surface area contributed by atoms with Crippen LogP contribution in [0.1, 0.15) is 0 Å². The predicted octanol–water partition coefficient (Wildman–Crippen LogP) is 3.37. The number of rotatable bonds is 1. The summed E-state index contributed by atoms with van der Waals surface area (Å²) in [7, 11) is 1.64. The van der Waals surface area contributed by atoms with E-state index in [0.717, 1.165) is 26.3 Å². The van der Waals surface area contributed by atoms with Crippen LogP contribution in [0.15, 0.2) is 47.3 Å². The zero-order valence-electron chi connectivity index (χ0n) is 9.27. The number of fused-ring (bicyclic) bond motifs is 2. The predicted molar refractivity (Wildman–Crippen MR) is 71.3 cm³/mol. The number of hydrogen-bond donors (Lipinski definition) is 0. The highest BCUT2D eigenvalue weighted by atomic mass is 32.1. The van der Waals surface area contributed by atoms with Crippen molar-refractivity contribution in [1.29, 1.82) is 0 Å². The Bertz CT molecular complexity index is 715. The molecule has 0 fully saturated rings. The van der Waals surface area contributed by atoms with E-state index in [2.05, 4.69) is 0 Å². The van der Waals surface area contributed by atoms with Gasteiger partial charge >= 0.3 is 0 Å². The average Bonchev–Trinajstić information content (AvgIpc) is 2.37. The molecule has 0 aromatic heterocycles. The van der Waals surface area contributed by atoms with E-state index in [0.29, 0.717) is 0 Å². The van der Waals surface area contributed by atoms with E-state index in [1.807, 2.05) is 30.3 Å². The van der Waals surface area contributed by atoms with Gasteiger partial charge in [-0.3, -0.25) is 4.79 Å². The maximum Gasteiger partial charge on any atom is 0.187 e. The van der Waals surface area contributed by atoms with Gasteiger partial charge in [-0.05, 0) is 41.8 Å². The maximum absolute atomic E-state index is 11.8. The summed E-state index contributed by atoms with van der Waals surface area (Å²) < 4.78 is 6.35. The van der Waals surface area contributed by atoms with E-state index < -0.39 is 0 Å². The minimum atomic E-state index is 0.0727. The molecule has 1 aromatic carbocycles. The first kappa shape index (κ1) is 10.3. The number of methoxy groups -OCH3 is 1. The van der Waals surface area contributed by atoms with E-state index >= 15 is 0 Å². The Balaban J connectivity index is 2.41. The Morgan fingerprint density at radius 3 is 2.82 bits per heavy atom. The third-order valence-corrected chi connectivity index (χ3v) is 3.93. The van der Waals surface area contributed by atoms with Crippen LogP contribution in [0.3, 0.4) is 0 Å². The third kappa shape index (κ3) is 1.68. The van der Waals surface area contributed by atoms with E-state index in [1.54, 1.807) is 30.6 Å². The van der Waals surface area contributed by atoms with Gasteiger partial charge in [-0.25, -0.2) is 0 Å². The van der Waals surface area contributed by atoms with Crippen molar-refractivity contribution in [1.82, 2.24) is 0 Å². The minimum absolute atomic E-state index is 0.0727. The maximum atomic E-state index is 11.8. The van der Waals surface area contributed by atoms with Crippen molar-refractivity contribution in [3.05, 3.63) is 52.7 Å². The topological polar surface area (TPSA) is 26.3 Å². The largest absolute Gasteiger partial charge is 0.497 e. The van der Waals surface area contributed by atoms with Gasteiger partial charge in [0.25, 0.3) is 0 Å². The van der Waals surface area contributed by atoms with Gasteiger partial charge in [0.2, 0.25) is 0 Å². The van der Waals surface area contributed by atoms with Crippen molar-refractivity contribution in [2.75, 3.05) is 7.11 Å². The molecular formula is C14H10O2S. The molecule has 0 spiro atoms. The van der Waals surface area contributed by atoms with E-state index in [9.17, 15) is 4.79 Å². The molecule has 3 rings (SSSR count). The first-order valence-corrected chi connectivity index (χ1v) is 6.10. The van der Waals surface area contributed by atoms with Crippen LogP contribution in [0.4, 0.5) is 0 Å². The number of hydrogen-bond acceptors (Lipinski definition) is 3. The van der Waals surface area contributed by atoms with Crippen molar-refractivity contribution in [3.63, 3.8) is 0 Å². The summed E-state index contributed by atoms with van der Waals surface area (Å²) in [6.07, 6.45) is 0. The van der Waals surface area contributed by atoms with Gasteiger partial charge in [-0.15, -0.1) is 11.3 Å². The van der Waals surface area contributed by atoms with Crippen LogP contribution in [-0.2, 0) is 0 Å². The van der Waals surface area contributed by atoms with Crippen molar-refractivity contribution in [2.24, 2.45) is 0 Å². The van der Waals surface area contributed by atoms with Crippen LogP contribution < -0.4 is 10.2 Å². The molecule has 1 aliphatic carbocycles.